The molecule has 33 heavy (non-hydrogen) atoms. The summed E-state index contributed by atoms with van der Waals surface area (Å²) in [6, 6.07) is 16.9. The number of sulfonamides is 1. The number of carbonyl (C=O) groups excluding carboxylic acids is 1. The van der Waals surface area contributed by atoms with E-state index in [1.807, 2.05) is 36.4 Å². The van der Waals surface area contributed by atoms with Crippen molar-refractivity contribution in [1.82, 2.24) is 9.62 Å². The van der Waals surface area contributed by atoms with Gasteiger partial charge in [-0.2, -0.15) is 4.31 Å². The van der Waals surface area contributed by atoms with Crippen molar-refractivity contribution in [2.75, 3.05) is 37.9 Å². The van der Waals surface area contributed by atoms with Crippen LogP contribution in [0.3, 0.4) is 0 Å². The molecule has 0 spiro atoms. The fourth-order valence-corrected chi connectivity index (χ4v) is 6.68. The van der Waals surface area contributed by atoms with Crippen LogP contribution in [0.25, 0.3) is 0 Å². The predicted octanol–water partition coefficient (Wildman–Crippen LogP) is 2.92. The molecular formula is C23H23N3O5S2. The number of rotatable bonds is 6. The minimum atomic E-state index is -3.77. The maximum Gasteiger partial charge on any atom is 0.263 e. The smallest absolute Gasteiger partial charge is 0.263 e. The zero-order chi connectivity index (χ0) is 22.8. The lowest BCUT2D eigenvalue weighted by atomic mass is 10.2. The lowest BCUT2D eigenvalue weighted by Gasteiger charge is -2.35. The lowest BCUT2D eigenvalue weighted by Crippen LogP contribution is -2.48. The number of anilines is 1. The molecule has 0 atom stereocenters. The molecule has 3 heterocycles. The van der Waals surface area contributed by atoms with Gasteiger partial charge in [-0.3, -0.25) is 4.79 Å². The van der Waals surface area contributed by atoms with E-state index >= 15 is 0 Å². The number of nitrogens with zero attached hydrogens (tertiary/aromatic N) is 2. The highest BCUT2D eigenvalue weighted by molar-refractivity contribution is 7.89. The summed E-state index contributed by atoms with van der Waals surface area (Å²) in [5, 5.41) is 4.46. The molecule has 2 aliphatic rings. The first kappa shape index (κ1) is 21.7. The van der Waals surface area contributed by atoms with Crippen molar-refractivity contribution in [2.24, 2.45) is 0 Å². The second kappa shape index (κ2) is 9.05. The number of fused-ring (bicyclic) bond motifs is 1. The Bertz CT molecular complexity index is 1250. The Morgan fingerprint density at radius 1 is 0.970 bits per heavy atom. The van der Waals surface area contributed by atoms with Gasteiger partial charge in [0.15, 0.2) is 11.5 Å². The van der Waals surface area contributed by atoms with E-state index in [0.717, 1.165) is 22.6 Å². The Hall–Kier alpha value is -3.08. The number of amides is 1. The van der Waals surface area contributed by atoms with Gasteiger partial charge in [0, 0.05) is 38.4 Å². The summed E-state index contributed by atoms with van der Waals surface area (Å²) in [6.07, 6.45) is 0. The van der Waals surface area contributed by atoms with Gasteiger partial charge in [-0.25, -0.2) is 8.42 Å². The summed E-state index contributed by atoms with van der Waals surface area (Å²) in [4.78, 5) is 15.3. The van der Waals surface area contributed by atoms with Crippen molar-refractivity contribution in [2.45, 2.75) is 11.4 Å². The maximum absolute atomic E-state index is 13.3. The van der Waals surface area contributed by atoms with Crippen molar-refractivity contribution in [3.63, 3.8) is 0 Å². The molecule has 2 aliphatic heterocycles. The summed E-state index contributed by atoms with van der Waals surface area (Å²) in [5.74, 6) is 0.893. The molecule has 2 aromatic carbocycles. The molecule has 10 heteroatoms. The molecule has 3 aromatic rings. The fourth-order valence-electron chi connectivity index (χ4n) is 3.94. The molecule has 5 rings (SSSR count). The van der Waals surface area contributed by atoms with Gasteiger partial charge in [0.2, 0.25) is 16.8 Å². The topological polar surface area (TPSA) is 88.2 Å². The zero-order valence-electron chi connectivity index (χ0n) is 17.8. The number of carbonyl (C=O) groups is 1. The van der Waals surface area contributed by atoms with E-state index in [1.54, 1.807) is 17.5 Å². The number of nitrogens with one attached hydrogen (secondary N) is 1. The molecular weight excluding hydrogens is 462 g/mol. The summed E-state index contributed by atoms with van der Waals surface area (Å²) >= 11 is 1.13. The molecule has 172 valence electrons. The zero-order valence-corrected chi connectivity index (χ0v) is 19.4. The molecule has 1 N–H and O–H groups in total. The third kappa shape index (κ3) is 4.41. The average molecular weight is 486 g/mol. The third-order valence-corrected chi connectivity index (χ3v) is 8.69. The van der Waals surface area contributed by atoms with E-state index in [2.05, 4.69) is 10.2 Å². The maximum atomic E-state index is 13.3. The minimum Gasteiger partial charge on any atom is -0.454 e. The first-order chi connectivity index (χ1) is 16.0. The van der Waals surface area contributed by atoms with E-state index in [4.69, 9.17) is 9.47 Å². The molecule has 0 saturated carbocycles. The van der Waals surface area contributed by atoms with Gasteiger partial charge < -0.3 is 19.7 Å². The number of thiophene rings is 1. The van der Waals surface area contributed by atoms with Gasteiger partial charge in [0.1, 0.15) is 9.77 Å². The van der Waals surface area contributed by atoms with Crippen molar-refractivity contribution in [3.05, 3.63) is 70.4 Å². The largest absolute Gasteiger partial charge is 0.454 e. The summed E-state index contributed by atoms with van der Waals surface area (Å²) in [7, 11) is -3.77. The quantitative estimate of drug-likeness (QED) is 0.578. The Labute approximate surface area is 196 Å². The van der Waals surface area contributed by atoms with E-state index in [-0.39, 0.29) is 23.1 Å². The molecule has 0 unspecified atom stereocenters. The number of hydrogen-bond donors (Lipinski definition) is 1. The first-order valence-corrected chi connectivity index (χ1v) is 12.9. The van der Waals surface area contributed by atoms with E-state index in [9.17, 15) is 13.2 Å². The minimum absolute atomic E-state index is 0.0591. The van der Waals surface area contributed by atoms with Crippen LogP contribution in [0.2, 0.25) is 0 Å². The highest BCUT2D eigenvalue weighted by Gasteiger charge is 2.32. The van der Waals surface area contributed by atoms with Crippen LogP contribution in [0.4, 0.5) is 5.69 Å². The molecule has 0 radical (unpaired) electrons. The number of piperazine rings is 1. The lowest BCUT2D eigenvalue weighted by molar-refractivity contribution is 0.0951. The molecule has 0 bridgehead atoms. The van der Waals surface area contributed by atoms with E-state index in [1.165, 1.54) is 10.4 Å². The molecule has 1 amide bonds. The van der Waals surface area contributed by atoms with Crippen molar-refractivity contribution < 1.29 is 22.7 Å². The molecule has 8 nitrogen and oxygen atoms in total. The Morgan fingerprint density at radius 3 is 2.52 bits per heavy atom. The van der Waals surface area contributed by atoms with Crippen molar-refractivity contribution in [3.8, 4) is 11.5 Å². The second-order valence-electron chi connectivity index (χ2n) is 7.71. The molecule has 0 aliphatic carbocycles. The van der Waals surface area contributed by atoms with Crippen LogP contribution in [-0.2, 0) is 16.6 Å². The van der Waals surface area contributed by atoms with Crippen LogP contribution in [0.5, 0.6) is 11.5 Å². The monoisotopic (exact) mass is 485 g/mol. The molecule has 1 fully saturated rings. The summed E-state index contributed by atoms with van der Waals surface area (Å²) in [6.45, 7) is 2.36. The summed E-state index contributed by atoms with van der Waals surface area (Å²) < 4.78 is 38.8. The normalized spacial score (nSPS) is 16.1. The van der Waals surface area contributed by atoms with Gasteiger partial charge in [-0.15, -0.1) is 11.3 Å². The number of para-hydroxylation sites is 1. The Morgan fingerprint density at radius 2 is 1.73 bits per heavy atom. The van der Waals surface area contributed by atoms with Gasteiger partial charge in [-0.1, -0.05) is 24.3 Å². The molecule has 1 saturated heterocycles. The summed E-state index contributed by atoms with van der Waals surface area (Å²) in [5.41, 5.74) is 1.92. The van der Waals surface area contributed by atoms with Crippen LogP contribution in [-0.4, -0.2) is 51.6 Å². The van der Waals surface area contributed by atoms with Gasteiger partial charge in [0.25, 0.3) is 5.91 Å². The van der Waals surface area contributed by atoms with Crippen LogP contribution >= 0.6 is 11.3 Å². The highest BCUT2D eigenvalue weighted by atomic mass is 32.2. The SMILES string of the molecule is O=C(NCc1ccc2c(c1)OCO2)c1sccc1S(=O)(=O)N1CCN(c2ccccc2)CC1. The van der Waals surface area contributed by atoms with Crippen molar-refractivity contribution in [1.29, 1.82) is 0 Å². The van der Waals surface area contributed by atoms with Crippen LogP contribution in [0.1, 0.15) is 15.2 Å². The third-order valence-electron chi connectivity index (χ3n) is 5.70. The number of hydrogen-bond acceptors (Lipinski definition) is 7. The average Bonchev–Trinajstić information content (AvgIpc) is 3.53. The molecule has 1 aromatic heterocycles. The predicted molar refractivity (Wildman–Crippen MR) is 125 cm³/mol. The van der Waals surface area contributed by atoms with Crippen molar-refractivity contribution >= 4 is 33.0 Å². The Balaban J connectivity index is 1.25. The second-order valence-corrected chi connectivity index (χ2v) is 10.5. The number of ether oxygens (including phenoxy) is 2. The standard InChI is InChI=1S/C23H23N3O5S2/c27-23(24-15-17-6-7-19-20(14-17)31-16-30-19)22-21(8-13-32-22)33(28,29)26-11-9-25(10-12-26)18-4-2-1-3-5-18/h1-8,13-14H,9-12,15-16H2,(H,24,27). The van der Waals surface area contributed by atoms with Gasteiger partial charge >= 0.3 is 0 Å². The first-order valence-electron chi connectivity index (χ1n) is 10.6. The van der Waals surface area contributed by atoms with Crippen LogP contribution in [0.15, 0.2) is 64.9 Å². The Kier molecular flexibility index (Phi) is 5.96. The number of benzene rings is 2. The van der Waals surface area contributed by atoms with Gasteiger partial charge in [0.05, 0.1) is 0 Å². The van der Waals surface area contributed by atoms with Crippen LogP contribution in [0, 0.1) is 0 Å². The van der Waals surface area contributed by atoms with Gasteiger partial charge in [-0.05, 0) is 41.3 Å². The highest BCUT2D eigenvalue weighted by Crippen LogP contribution is 2.32. The van der Waals surface area contributed by atoms with E-state index in [0.29, 0.717) is 37.7 Å². The fraction of sp³-hybridized carbons (Fsp3) is 0.261. The van der Waals surface area contributed by atoms with Crippen LogP contribution < -0.4 is 19.7 Å². The van der Waals surface area contributed by atoms with E-state index < -0.39 is 15.9 Å².